The highest BCUT2D eigenvalue weighted by Crippen LogP contribution is 2.37. The summed E-state index contributed by atoms with van der Waals surface area (Å²) >= 11 is 1.44. The first-order chi connectivity index (χ1) is 35.9. The van der Waals surface area contributed by atoms with E-state index in [-0.39, 0.29) is 29.5 Å². The summed E-state index contributed by atoms with van der Waals surface area (Å²) < 4.78 is 9.44. The largest absolute Gasteiger partial charge is 0.490 e. The normalized spacial score (nSPS) is 19.9. The molecule has 7 aromatic rings. The number of nitrogens with zero attached hydrogens (tertiary/aromatic N) is 7. The van der Waals surface area contributed by atoms with Crippen molar-refractivity contribution in [1.29, 1.82) is 0 Å². The van der Waals surface area contributed by atoms with Gasteiger partial charge in [-0.25, -0.2) is 14.8 Å². The monoisotopic (exact) mass is 1010 g/mol. The van der Waals surface area contributed by atoms with Crippen molar-refractivity contribution < 1.29 is 29.0 Å². The minimum Gasteiger partial charge on any atom is -0.490 e. The van der Waals surface area contributed by atoms with Crippen LogP contribution in [-0.4, -0.2) is 98.8 Å². The lowest BCUT2D eigenvalue weighted by molar-refractivity contribution is -0.134. The molecule has 11 rings (SSSR count). The van der Waals surface area contributed by atoms with Gasteiger partial charge in [0.25, 0.3) is 5.91 Å². The van der Waals surface area contributed by atoms with Crippen molar-refractivity contribution in [3.63, 3.8) is 0 Å². The number of carboxylic acid groups (broad SMARTS) is 1. The summed E-state index contributed by atoms with van der Waals surface area (Å²) in [5, 5.41) is 22.2. The molecule has 2 atom stereocenters. The van der Waals surface area contributed by atoms with E-state index in [4.69, 9.17) is 14.8 Å². The van der Waals surface area contributed by atoms with Gasteiger partial charge in [0.15, 0.2) is 10.8 Å². The fourth-order valence-corrected chi connectivity index (χ4v) is 12.6. The molecule has 3 aliphatic heterocycles. The molecular formula is C58H63N9O6S. The Morgan fingerprint density at radius 1 is 0.865 bits per heavy atom. The van der Waals surface area contributed by atoms with Gasteiger partial charge >= 0.3 is 5.97 Å². The van der Waals surface area contributed by atoms with Gasteiger partial charge in [0, 0.05) is 74.9 Å². The number of aryl methyl sites for hydroxylation is 2. The minimum atomic E-state index is -1.10. The first-order valence-electron chi connectivity index (χ1n) is 26.2. The van der Waals surface area contributed by atoms with Gasteiger partial charge in [-0.3, -0.25) is 34.6 Å². The number of carboxylic acids is 1. The summed E-state index contributed by atoms with van der Waals surface area (Å²) in [6.07, 6.45) is 8.45. The van der Waals surface area contributed by atoms with Crippen molar-refractivity contribution >= 4 is 72.8 Å². The molecule has 3 amide bonds. The maximum atomic E-state index is 13.6. The molecule has 4 aromatic carbocycles. The molecule has 3 aromatic heterocycles. The standard InChI is InChI=1S/C58H63N9O6S/c1-35(23-25-65-27-29-66(30-28-65)39-13-17-45-49(33-39)64(3)63-53(45)46-20-22-52(68)61-56(46)70)31-37-11-14-40(15-12-37)73-41-16-18-42(36(2)32-41)43-19-21-51(60-54(43)57(71)72)67-26-24-38-7-6-8-44(47(38)34-67)55(69)62-58-59-48-9-4-5-10-50(48)74-58/h4-10,13,16-19,21,32-33,35,37,40,46H,11-12,14-15,20,22-31,34H2,1-3H3,(H,71,72)(H,59,62,69)(H,61,68,70)/t35-,37?,40?,46?/m1/s1. The van der Waals surface area contributed by atoms with Crippen LogP contribution in [0.1, 0.15) is 107 Å². The number of fused-ring (bicyclic) bond motifs is 3. The summed E-state index contributed by atoms with van der Waals surface area (Å²) in [7, 11) is 1.92. The second-order valence-electron chi connectivity index (χ2n) is 20.8. The predicted octanol–water partition coefficient (Wildman–Crippen LogP) is 9.76. The number of imide groups is 1. The van der Waals surface area contributed by atoms with Crippen LogP contribution in [0.25, 0.3) is 32.2 Å². The quantitative estimate of drug-likeness (QED) is 0.0882. The van der Waals surface area contributed by atoms with E-state index in [0.717, 1.165) is 113 Å². The molecule has 4 aliphatic rings. The van der Waals surface area contributed by atoms with Gasteiger partial charge in [-0.1, -0.05) is 48.6 Å². The summed E-state index contributed by atoms with van der Waals surface area (Å²) in [5.41, 5.74) is 8.59. The Kier molecular flexibility index (Phi) is 13.9. The van der Waals surface area contributed by atoms with Gasteiger partial charge in [-0.2, -0.15) is 5.10 Å². The second-order valence-corrected chi connectivity index (χ2v) is 21.9. The number of nitrogens with one attached hydrogen (secondary N) is 2. The van der Waals surface area contributed by atoms with Gasteiger partial charge in [0.1, 0.15) is 11.6 Å². The number of aromatic carboxylic acids is 1. The van der Waals surface area contributed by atoms with Crippen molar-refractivity contribution in [3.8, 4) is 16.9 Å². The number of amides is 3. The van der Waals surface area contributed by atoms with E-state index in [1.165, 1.54) is 29.9 Å². The van der Waals surface area contributed by atoms with Crippen molar-refractivity contribution in [2.45, 2.75) is 90.2 Å². The molecule has 6 heterocycles. The molecule has 1 saturated carbocycles. The summed E-state index contributed by atoms with van der Waals surface area (Å²) in [4.78, 5) is 67.2. The van der Waals surface area contributed by atoms with Crippen LogP contribution in [0, 0.1) is 18.8 Å². The van der Waals surface area contributed by atoms with E-state index in [2.05, 4.69) is 50.5 Å². The number of carbonyl (C=O) groups excluding carboxylic acids is 3. The number of benzene rings is 4. The number of hydrogen-bond donors (Lipinski definition) is 3. The molecular weight excluding hydrogens is 951 g/mol. The Morgan fingerprint density at radius 2 is 1.68 bits per heavy atom. The van der Waals surface area contributed by atoms with E-state index in [1.54, 1.807) is 0 Å². The van der Waals surface area contributed by atoms with E-state index < -0.39 is 11.9 Å². The van der Waals surface area contributed by atoms with Crippen LogP contribution in [0.2, 0.25) is 0 Å². The van der Waals surface area contributed by atoms with Crippen LogP contribution in [0.4, 0.5) is 16.6 Å². The van der Waals surface area contributed by atoms with E-state index in [9.17, 15) is 24.3 Å². The minimum absolute atomic E-state index is 0.0113. The van der Waals surface area contributed by atoms with Crippen molar-refractivity contribution in [2.24, 2.45) is 18.9 Å². The summed E-state index contributed by atoms with van der Waals surface area (Å²) in [6, 6.07) is 29.7. The van der Waals surface area contributed by atoms with Gasteiger partial charge < -0.3 is 19.6 Å². The number of hydrogen-bond acceptors (Lipinski definition) is 12. The van der Waals surface area contributed by atoms with Gasteiger partial charge in [-0.05, 0) is 160 Å². The first kappa shape index (κ1) is 49.1. The van der Waals surface area contributed by atoms with Crippen molar-refractivity contribution in [1.82, 2.24) is 30.0 Å². The number of ether oxygens (including phenoxy) is 1. The van der Waals surface area contributed by atoms with Crippen LogP contribution >= 0.6 is 11.3 Å². The number of pyridine rings is 1. The maximum absolute atomic E-state index is 13.6. The van der Waals surface area contributed by atoms with Crippen molar-refractivity contribution in [2.75, 3.05) is 54.4 Å². The van der Waals surface area contributed by atoms with Gasteiger partial charge in [0.05, 0.1) is 33.4 Å². The zero-order valence-electron chi connectivity index (χ0n) is 42.3. The van der Waals surface area contributed by atoms with Crippen LogP contribution in [0.15, 0.2) is 91.0 Å². The van der Waals surface area contributed by atoms with Crippen LogP contribution in [0.3, 0.4) is 0 Å². The fourth-order valence-electron chi connectivity index (χ4n) is 11.8. The Balaban J connectivity index is 0.642. The molecule has 0 radical (unpaired) electrons. The molecule has 74 heavy (non-hydrogen) atoms. The molecule has 0 spiro atoms. The Hall–Kier alpha value is -7.17. The predicted molar refractivity (Wildman–Crippen MR) is 289 cm³/mol. The van der Waals surface area contributed by atoms with Gasteiger partial charge in [0.2, 0.25) is 11.8 Å². The number of rotatable bonds is 14. The summed E-state index contributed by atoms with van der Waals surface area (Å²) in [5.74, 6) is 0.506. The Labute approximate surface area is 434 Å². The van der Waals surface area contributed by atoms with Crippen LogP contribution in [-0.2, 0) is 29.6 Å². The number of para-hydroxylation sites is 1. The SMILES string of the molecule is Cc1cc(OC2CCC(C[C@H](C)CCN3CCN(c4ccc5c(C6CCC(=O)NC6=O)nn(C)c5c4)CC3)CC2)ccc1-c1ccc(N2CCc3cccc(C(=O)Nc4nc5ccccc5s4)c3C2)nc1C(=O)O. The number of anilines is 3. The second kappa shape index (κ2) is 21.0. The molecule has 0 bridgehead atoms. The van der Waals surface area contributed by atoms with Crippen molar-refractivity contribution in [3.05, 3.63) is 125 Å². The highest BCUT2D eigenvalue weighted by molar-refractivity contribution is 7.22. The topological polar surface area (TPSA) is 175 Å². The third-order valence-corrected chi connectivity index (χ3v) is 16.8. The highest BCUT2D eigenvalue weighted by Gasteiger charge is 2.33. The third kappa shape index (κ3) is 10.3. The average Bonchev–Trinajstić information content (AvgIpc) is 3.97. The zero-order chi connectivity index (χ0) is 51.0. The highest BCUT2D eigenvalue weighted by atomic mass is 32.1. The molecule has 16 heteroatoms. The molecule has 382 valence electrons. The van der Waals surface area contributed by atoms with Gasteiger partial charge in [-0.15, -0.1) is 0 Å². The van der Waals surface area contributed by atoms with Crippen LogP contribution < -0.4 is 25.2 Å². The molecule has 2 saturated heterocycles. The smallest absolute Gasteiger partial charge is 0.355 e. The molecule has 1 unspecified atom stereocenters. The number of piperidine rings is 1. The number of piperazine rings is 1. The van der Waals surface area contributed by atoms with Crippen LogP contribution in [0.5, 0.6) is 5.75 Å². The molecule has 1 aliphatic carbocycles. The molecule has 15 nitrogen and oxygen atoms in total. The molecule has 3 fully saturated rings. The molecule has 3 N–H and O–H groups in total. The lowest BCUT2D eigenvalue weighted by Crippen LogP contribution is -2.46. The number of thiazole rings is 1. The Morgan fingerprint density at radius 3 is 2.46 bits per heavy atom. The first-order valence-corrected chi connectivity index (χ1v) is 27.0. The number of aromatic nitrogens is 4. The lowest BCUT2D eigenvalue weighted by Gasteiger charge is -2.37. The summed E-state index contributed by atoms with van der Waals surface area (Å²) in [6.45, 7) is 10.5. The lowest BCUT2D eigenvalue weighted by atomic mass is 9.81. The zero-order valence-corrected chi connectivity index (χ0v) is 43.1. The van der Waals surface area contributed by atoms with E-state index in [0.29, 0.717) is 66.3 Å². The third-order valence-electron chi connectivity index (χ3n) is 15.9. The maximum Gasteiger partial charge on any atom is 0.355 e. The van der Waals surface area contributed by atoms with E-state index >= 15 is 0 Å². The fraction of sp³-hybridized carbons (Fsp3) is 0.397. The Bertz CT molecular complexity index is 3250. The number of carbonyl (C=O) groups is 4. The average molecular weight is 1010 g/mol. The van der Waals surface area contributed by atoms with E-state index in [1.807, 2.05) is 96.3 Å².